The summed E-state index contributed by atoms with van der Waals surface area (Å²) in [7, 11) is 1.44. The molecule has 0 radical (unpaired) electrons. The molecule has 1 unspecified atom stereocenters. The van der Waals surface area contributed by atoms with Crippen LogP contribution < -0.4 is 15.1 Å². The molecule has 8 heteroatoms. The first-order valence-corrected chi connectivity index (χ1v) is 10.5. The summed E-state index contributed by atoms with van der Waals surface area (Å²) < 4.78 is 11.2. The molecule has 1 aliphatic heterocycles. The van der Waals surface area contributed by atoms with Gasteiger partial charge in [-0.2, -0.15) is 0 Å². The topological polar surface area (TPSA) is 92.9 Å². The maximum Gasteiger partial charge on any atom is 0.297 e. The molecule has 31 heavy (non-hydrogen) atoms. The predicted octanol–water partition coefficient (Wildman–Crippen LogP) is 4.33. The largest absolute Gasteiger partial charge is 0.504 e. The highest BCUT2D eigenvalue weighted by molar-refractivity contribution is 7.13. The van der Waals surface area contributed by atoms with Gasteiger partial charge in [0.1, 0.15) is 5.58 Å². The second-order valence-corrected chi connectivity index (χ2v) is 8.30. The highest BCUT2D eigenvalue weighted by atomic mass is 32.1. The first-order chi connectivity index (χ1) is 14.9. The van der Waals surface area contributed by atoms with Crippen LogP contribution in [-0.2, 0) is 0 Å². The van der Waals surface area contributed by atoms with Gasteiger partial charge in [0.15, 0.2) is 22.1 Å². The summed E-state index contributed by atoms with van der Waals surface area (Å²) in [5.41, 5.74) is 2.91. The molecule has 4 aromatic rings. The number of anilines is 1. The summed E-state index contributed by atoms with van der Waals surface area (Å²) in [6, 6.07) is 7.58. The molecule has 1 aliphatic rings. The number of fused-ring (bicyclic) bond motifs is 2. The van der Waals surface area contributed by atoms with Crippen molar-refractivity contribution in [3.63, 3.8) is 0 Å². The van der Waals surface area contributed by atoms with Crippen molar-refractivity contribution in [3.05, 3.63) is 80.1 Å². The average molecular weight is 434 g/mol. The number of nitrogens with zero attached hydrogens (tertiary/aromatic N) is 2. The minimum Gasteiger partial charge on any atom is -0.504 e. The van der Waals surface area contributed by atoms with Gasteiger partial charge in [-0.15, -0.1) is 11.3 Å². The van der Waals surface area contributed by atoms with Crippen molar-refractivity contribution >= 4 is 33.3 Å². The van der Waals surface area contributed by atoms with E-state index in [9.17, 15) is 14.7 Å². The zero-order chi connectivity index (χ0) is 21.9. The number of phenols is 1. The van der Waals surface area contributed by atoms with E-state index < -0.39 is 11.9 Å². The third-order valence-electron chi connectivity index (χ3n) is 5.63. The van der Waals surface area contributed by atoms with Crippen molar-refractivity contribution in [2.24, 2.45) is 0 Å². The standard InChI is InChI=1S/C23H18N2O5S/c1-11-8-14-16(9-12(11)2)30-21-18(20(14)27)19(13-4-5-15(26)17(10-13)29-3)25(22(21)28)23-24-6-7-31-23/h4-10,19,26H,1-3H3. The van der Waals surface area contributed by atoms with Crippen LogP contribution in [0.25, 0.3) is 11.0 Å². The molecule has 156 valence electrons. The van der Waals surface area contributed by atoms with E-state index in [0.29, 0.717) is 21.7 Å². The van der Waals surface area contributed by atoms with Crippen LogP contribution in [0.2, 0.25) is 0 Å². The smallest absolute Gasteiger partial charge is 0.297 e. The lowest BCUT2D eigenvalue weighted by Crippen LogP contribution is -2.29. The Kier molecular flexibility index (Phi) is 4.33. The minimum atomic E-state index is -0.759. The number of carbonyl (C=O) groups is 1. The molecule has 7 nitrogen and oxygen atoms in total. The van der Waals surface area contributed by atoms with Crippen LogP contribution in [0.1, 0.15) is 38.9 Å². The summed E-state index contributed by atoms with van der Waals surface area (Å²) in [5.74, 6) is -0.213. The van der Waals surface area contributed by atoms with Crippen LogP contribution in [0.3, 0.4) is 0 Å². The van der Waals surface area contributed by atoms with Crippen LogP contribution in [0.5, 0.6) is 11.5 Å². The number of amides is 1. The van der Waals surface area contributed by atoms with Gasteiger partial charge >= 0.3 is 0 Å². The number of methoxy groups -OCH3 is 1. The van der Waals surface area contributed by atoms with Gasteiger partial charge in [-0.1, -0.05) is 6.07 Å². The Morgan fingerprint density at radius 3 is 2.65 bits per heavy atom. The van der Waals surface area contributed by atoms with Crippen LogP contribution in [0.15, 0.2) is 51.1 Å². The van der Waals surface area contributed by atoms with Crippen molar-refractivity contribution in [3.8, 4) is 11.5 Å². The van der Waals surface area contributed by atoms with Crippen LogP contribution in [-0.4, -0.2) is 23.1 Å². The average Bonchev–Trinajstić information content (AvgIpc) is 3.37. The van der Waals surface area contributed by atoms with E-state index in [2.05, 4.69) is 4.98 Å². The summed E-state index contributed by atoms with van der Waals surface area (Å²) in [6.07, 6.45) is 1.60. The number of thiazole rings is 1. The van der Waals surface area contributed by atoms with Crippen LogP contribution >= 0.6 is 11.3 Å². The Bertz CT molecular complexity index is 1410. The molecule has 0 saturated carbocycles. The fourth-order valence-corrected chi connectivity index (χ4v) is 4.61. The lowest BCUT2D eigenvalue weighted by Gasteiger charge is -2.23. The molecule has 5 rings (SSSR count). The van der Waals surface area contributed by atoms with E-state index in [1.165, 1.54) is 29.4 Å². The van der Waals surface area contributed by atoms with Gasteiger partial charge in [0.25, 0.3) is 5.91 Å². The van der Waals surface area contributed by atoms with Crippen molar-refractivity contribution in [2.45, 2.75) is 19.9 Å². The van der Waals surface area contributed by atoms with Gasteiger partial charge in [0.2, 0.25) is 5.76 Å². The lowest BCUT2D eigenvalue weighted by molar-refractivity contribution is 0.0971. The fraction of sp³-hybridized carbons (Fsp3) is 0.174. The van der Waals surface area contributed by atoms with Crippen molar-refractivity contribution in [1.29, 1.82) is 0 Å². The number of hydrogen-bond acceptors (Lipinski definition) is 7. The lowest BCUT2D eigenvalue weighted by atomic mass is 9.97. The first-order valence-electron chi connectivity index (χ1n) is 9.58. The SMILES string of the molecule is COc1cc(C2c3c(oc4cc(C)c(C)cc4c3=O)C(=O)N2c2nccs2)ccc1O. The van der Waals surface area contributed by atoms with Gasteiger partial charge in [-0.25, -0.2) is 4.98 Å². The Balaban J connectivity index is 1.83. The second-order valence-electron chi connectivity index (χ2n) is 7.43. The van der Waals surface area contributed by atoms with E-state index in [1.54, 1.807) is 35.8 Å². The number of benzene rings is 2. The number of rotatable bonds is 3. The van der Waals surface area contributed by atoms with Crippen molar-refractivity contribution in [2.75, 3.05) is 12.0 Å². The number of carbonyl (C=O) groups excluding carboxylic acids is 1. The number of aryl methyl sites for hydroxylation is 2. The number of phenolic OH excluding ortho intramolecular Hbond substituents is 1. The maximum atomic E-state index is 13.6. The summed E-state index contributed by atoms with van der Waals surface area (Å²) in [6.45, 7) is 3.86. The van der Waals surface area contributed by atoms with E-state index in [0.717, 1.165) is 11.1 Å². The Labute approximate surface area is 181 Å². The van der Waals surface area contributed by atoms with Crippen molar-refractivity contribution < 1.29 is 19.1 Å². The van der Waals surface area contributed by atoms with E-state index in [1.807, 2.05) is 13.8 Å². The molecule has 1 amide bonds. The Hall–Kier alpha value is -3.65. The zero-order valence-corrected chi connectivity index (χ0v) is 17.8. The van der Waals surface area contributed by atoms with Gasteiger partial charge in [0, 0.05) is 11.6 Å². The molecule has 2 aromatic heterocycles. The second kappa shape index (κ2) is 6.95. The molecule has 0 fully saturated rings. The third-order valence-corrected chi connectivity index (χ3v) is 6.40. The summed E-state index contributed by atoms with van der Waals surface area (Å²) >= 11 is 1.29. The van der Waals surface area contributed by atoms with Gasteiger partial charge in [-0.3, -0.25) is 14.5 Å². The van der Waals surface area contributed by atoms with Crippen LogP contribution in [0.4, 0.5) is 5.13 Å². The molecular weight excluding hydrogens is 416 g/mol. The molecule has 2 aromatic carbocycles. The summed E-state index contributed by atoms with van der Waals surface area (Å²) in [5, 5.41) is 12.7. The Morgan fingerprint density at radius 1 is 1.16 bits per heavy atom. The molecule has 3 heterocycles. The fourth-order valence-electron chi connectivity index (χ4n) is 3.94. The number of aromatic nitrogens is 1. The number of hydrogen-bond donors (Lipinski definition) is 1. The highest BCUT2D eigenvalue weighted by Gasteiger charge is 2.45. The van der Waals surface area contributed by atoms with E-state index in [-0.39, 0.29) is 28.3 Å². The maximum absolute atomic E-state index is 13.6. The van der Waals surface area contributed by atoms with E-state index >= 15 is 0 Å². The molecule has 1 atom stereocenters. The zero-order valence-electron chi connectivity index (χ0n) is 17.0. The normalized spacial score (nSPS) is 15.5. The monoisotopic (exact) mass is 434 g/mol. The third kappa shape index (κ3) is 2.83. The molecule has 0 spiro atoms. The highest BCUT2D eigenvalue weighted by Crippen LogP contribution is 2.43. The van der Waals surface area contributed by atoms with Gasteiger partial charge < -0.3 is 14.3 Å². The molecule has 0 aliphatic carbocycles. The Morgan fingerprint density at radius 2 is 1.94 bits per heavy atom. The molecular formula is C23H18N2O5S. The number of aromatic hydroxyl groups is 1. The number of ether oxygens (including phenoxy) is 1. The summed E-state index contributed by atoms with van der Waals surface area (Å²) in [4.78, 5) is 32.8. The minimum absolute atomic E-state index is 0.00740. The predicted molar refractivity (Wildman–Crippen MR) is 117 cm³/mol. The van der Waals surface area contributed by atoms with Gasteiger partial charge in [0.05, 0.1) is 24.1 Å². The quantitative estimate of drug-likeness (QED) is 0.516. The van der Waals surface area contributed by atoms with Gasteiger partial charge in [-0.05, 0) is 54.8 Å². The molecule has 0 saturated heterocycles. The molecule has 1 N–H and O–H groups in total. The first kappa shape index (κ1) is 19.3. The van der Waals surface area contributed by atoms with Crippen LogP contribution in [0, 0.1) is 13.8 Å². The molecule has 0 bridgehead atoms. The van der Waals surface area contributed by atoms with E-state index in [4.69, 9.17) is 9.15 Å². The van der Waals surface area contributed by atoms with Crippen molar-refractivity contribution in [1.82, 2.24) is 4.98 Å².